The van der Waals surface area contributed by atoms with E-state index in [1.54, 1.807) is 0 Å². The molecule has 32 heteroatoms. The lowest BCUT2D eigenvalue weighted by Gasteiger charge is -2.52. The van der Waals surface area contributed by atoms with Crippen LogP contribution in [0.4, 0.5) is 0 Å². The predicted octanol–water partition coefficient (Wildman–Crippen LogP) is -0.858. The van der Waals surface area contributed by atoms with Crippen LogP contribution in [0.2, 0.25) is 0 Å². The van der Waals surface area contributed by atoms with Crippen LogP contribution < -0.4 is 0 Å². The van der Waals surface area contributed by atoms with Crippen molar-refractivity contribution in [3.05, 3.63) is 12.7 Å². The average molecular weight is 1180 g/mol. The van der Waals surface area contributed by atoms with Crippen molar-refractivity contribution < 1.29 is 152 Å². The number of hydrogen-bond acceptors (Lipinski definition) is 32. The summed E-state index contributed by atoms with van der Waals surface area (Å²) >= 11 is 0. The number of carbonyl (C=O) groups is 13. The maximum Gasteiger partial charge on any atom is 0.366 e. The van der Waals surface area contributed by atoms with Crippen LogP contribution in [-0.4, -0.2) is 215 Å². The van der Waals surface area contributed by atoms with Gasteiger partial charge in [-0.1, -0.05) is 6.08 Å². The topological polar surface area (TPSA) is 397 Å². The fourth-order valence-electron chi connectivity index (χ4n) is 8.72. The maximum atomic E-state index is 13.8. The lowest BCUT2D eigenvalue weighted by Crippen LogP contribution is -2.70. The molecule has 3 aliphatic heterocycles. The molecule has 3 fully saturated rings. The standard InChI is InChI=1S/C50H68O32/c1-15-16-68-50(49(63)64-14)17-33(69-24(5)54)37(40(82-50)36(72-27(8)57)20-67-23(4)53)78-47-46(77-32(13)62)44(42(74-29(10)59)39(79-47)35(71-26(7)56)19-66-22(3)52)81-48-45(76-31(12)61)43(75-30(11)60)41(73-28(9)58)38(80-48)34(70-25(6)55)18-65-21(2)51/h15,33-48H,1,16-20H2,2-14H3/t33-,34+,35+,36-,37-,38-,39-,40-,41-,42-,43+,44+,45+,46+,47+,48-,50+/m1/s1. The number of hydrogen-bond donors (Lipinski definition) is 0. The molecule has 0 unspecified atom stereocenters. The smallest absolute Gasteiger partial charge is 0.366 e. The molecule has 0 aromatic rings. The van der Waals surface area contributed by atoms with Gasteiger partial charge in [0.15, 0.2) is 61.4 Å². The normalized spacial score (nSPS) is 28.7. The van der Waals surface area contributed by atoms with Crippen molar-refractivity contribution in [3.63, 3.8) is 0 Å². The zero-order valence-electron chi connectivity index (χ0n) is 47.1. The second-order valence-corrected chi connectivity index (χ2v) is 18.1. The Labute approximate surface area is 468 Å². The predicted molar refractivity (Wildman–Crippen MR) is 257 cm³/mol. The van der Waals surface area contributed by atoms with E-state index in [0.29, 0.717) is 0 Å². The van der Waals surface area contributed by atoms with Gasteiger partial charge in [0.2, 0.25) is 0 Å². The molecule has 17 atom stereocenters. The van der Waals surface area contributed by atoms with Gasteiger partial charge in [-0.15, -0.1) is 6.58 Å². The van der Waals surface area contributed by atoms with Crippen molar-refractivity contribution in [1.29, 1.82) is 0 Å². The molecule has 32 nitrogen and oxygen atoms in total. The molecular weight excluding hydrogens is 1110 g/mol. The number of ether oxygens (including phenoxy) is 19. The maximum absolute atomic E-state index is 13.8. The highest BCUT2D eigenvalue weighted by Gasteiger charge is 2.63. The first-order valence-corrected chi connectivity index (χ1v) is 24.9. The molecule has 3 aliphatic rings. The molecular formula is C50H68O32. The van der Waals surface area contributed by atoms with Gasteiger partial charge in [-0.05, 0) is 0 Å². The van der Waals surface area contributed by atoms with Crippen LogP contribution in [-0.2, 0) is 152 Å². The van der Waals surface area contributed by atoms with Gasteiger partial charge in [0, 0.05) is 83.1 Å². The highest BCUT2D eigenvalue weighted by Crippen LogP contribution is 2.42. The van der Waals surface area contributed by atoms with E-state index in [2.05, 4.69) is 6.58 Å². The van der Waals surface area contributed by atoms with E-state index < -0.39 is 214 Å². The van der Waals surface area contributed by atoms with Gasteiger partial charge in [0.05, 0.1) is 20.1 Å². The molecule has 3 heterocycles. The number of carbonyl (C=O) groups excluding carboxylic acids is 13. The van der Waals surface area contributed by atoms with Crippen LogP contribution in [0, 0.1) is 0 Å². The summed E-state index contributed by atoms with van der Waals surface area (Å²) in [7, 11) is 0.936. The summed E-state index contributed by atoms with van der Waals surface area (Å²) in [5.41, 5.74) is 0. The van der Waals surface area contributed by atoms with Crippen molar-refractivity contribution in [1.82, 2.24) is 0 Å². The SMILES string of the molecule is C=CCO[C@@]1(C(=O)OC)C[C@@H](OC(C)=O)[C@@H](O[C@H]2O[C@H]([C@H](COC(C)=O)OC(C)=O)[C@@H](OC(C)=O)[C@H](O[C@H]3O[C@H]([C@H](COC(C)=O)OC(C)=O)[C@@H](OC(C)=O)[C@H](OC(C)=O)[C@@H]3OC(C)=O)[C@@H]2OC(C)=O)[C@@H]([C@@H](COC(C)=O)OC(C)=O)O1. The summed E-state index contributed by atoms with van der Waals surface area (Å²) in [6.45, 7) is 11.4. The van der Waals surface area contributed by atoms with Crippen molar-refractivity contribution >= 4 is 77.6 Å². The largest absolute Gasteiger partial charge is 0.465 e. The minimum atomic E-state index is -2.62. The second-order valence-electron chi connectivity index (χ2n) is 18.1. The Balaban J connectivity index is 2.63. The second kappa shape index (κ2) is 31.7. The first kappa shape index (κ1) is 68.9. The van der Waals surface area contributed by atoms with E-state index in [1.807, 2.05) is 0 Å². The molecule has 0 aliphatic carbocycles. The third-order valence-electron chi connectivity index (χ3n) is 11.3. The van der Waals surface area contributed by atoms with Gasteiger partial charge in [0.1, 0.15) is 56.4 Å². The third-order valence-corrected chi connectivity index (χ3v) is 11.3. The van der Waals surface area contributed by atoms with Crippen molar-refractivity contribution in [3.8, 4) is 0 Å². The highest BCUT2D eigenvalue weighted by molar-refractivity contribution is 5.78. The summed E-state index contributed by atoms with van der Waals surface area (Å²) in [6, 6.07) is 0. The Bertz CT molecular complexity index is 2350. The summed E-state index contributed by atoms with van der Waals surface area (Å²) in [6.07, 6.45) is -33.0. The molecule has 0 spiro atoms. The molecule has 0 N–H and O–H groups in total. The summed E-state index contributed by atoms with van der Waals surface area (Å²) in [5.74, 6) is -16.8. The van der Waals surface area contributed by atoms with E-state index in [1.165, 1.54) is 6.08 Å². The van der Waals surface area contributed by atoms with Crippen molar-refractivity contribution in [2.75, 3.05) is 33.5 Å². The Morgan fingerprint density at radius 3 is 1.13 bits per heavy atom. The Kier molecular flexibility index (Phi) is 26.6. The van der Waals surface area contributed by atoms with Crippen molar-refractivity contribution in [2.45, 2.75) is 193 Å². The minimum Gasteiger partial charge on any atom is -0.465 e. The molecule has 0 amide bonds. The summed E-state index contributed by atoms with van der Waals surface area (Å²) < 4.78 is 110. The third kappa shape index (κ3) is 20.5. The number of esters is 13. The van der Waals surface area contributed by atoms with E-state index >= 15 is 0 Å². The Morgan fingerprint density at radius 2 is 0.780 bits per heavy atom. The summed E-state index contributed by atoms with van der Waals surface area (Å²) in [5, 5.41) is 0. The Morgan fingerprint density at radius 1 is 0.439 bits per heavy atom. The van der Waals surface area contributed by atoms with E-state index in [0.717, 1.165) is 90.2 Å². The first-order valence-electron chi connectivity index (χ1n) is 24.9. The van der Waals surface area contributed by atoms with Crippen LogP contribution in [0.15, 0.2) is 12.7 Å². The Hall–Kier alpha value is -7.39. The molecule has 3 rings (SSSR count). The van der Waals surface area contributed by atoms with Crippen LogP contribution in [0.25, 0.3) is 0 Å². The fraction of sp³-hybridized carbons (Fsp3) is 0.700. The molecule has 460 valence electrons. The average Bonchev–Trinajstić information content (AvgIpc) is 2.98. The monoisotopic (exact) mass is 1180 g/mol. The van der Waals surface area contributed by atoms with Crippen LogP contribution in [0.1, 0.15) is 89.5 Å². The fourth-order valence-corrected chi connectivity index (χ4v) is 8.72. The van der Waals surface area contributed by atoms with E-state index in [-0.39, 0.29) is 0 Å². The lowest BCUT2D eigenvalue weighted by molar-refractivity contribution is -0.388. The number of methoxy groups -OCH3 is 1. The molecule has 82 heavy (non-hydrogen) atoms. The zero-order chi connectivity index (χ0) is 61.9. The first-order chi connectivity index (χ1) is 38.3. The van der Waals surface area contributed by atoms with Gasteiger partial charge >= 0.3 is 77.6 Å². The summed E-state index contributed by atoms with van der Waals surface area (Å²) in [4.78, 5) is 168. The molecule has 0 radical (unpaired) electrons. The molecule has 0 saturated carbocycles. The van der Waals surface area contributed by atoms with Gasteiger partial charge in [-0.2, -0.15) is 0 Å². The van der Waals surface area contributed by atoms with Crippen LogP contribution >= 0.6 is 0 Å². The van der Waals surface area contributed by atoms with Crippen LogP contribution in [0.5, 0.6) is 0 Å². The van der Waals surface area contributed by atoms with E-state index in [9.17, 15) is 62.3 Å². The van der Waals surface area contributed by atoms with Gasteiger partial charge in [-0.3, -0.25) is 57.5 Å². The van der Waals surface area contributed by atoms with Gasteiger partial charge in [0.25, 0.3) is 5.79 Å². The molecule has 0 aromatic heterocycles. The lowest BCUT2D eigenvalue weighted by atomic mass is 9.90. The molecule has 0 bridgehead atoms. The quantitative estimate of drug-likeness (QED) is 0.0578. The highest BCUT2D eigenvalue weighted by atomic mass is 16.8. The van der Waals surface area contributed by atoms with Crippen LogP contribution in [0.3, 0.4) is 0 Å². The zero-order valence-corrected chi connectivity index (χ0v) is 47.1. The van der Waals surface area contributed by atoms with Gasteiger partial charge in [-0.25, -0.2) is 4.79 Å². The number of rotatable bonds is 26. The minimum absolute atomic E-state index is 0.468. The van der Waals surface area contributed by atoms with Gasteiger partial charge < -0.3 is 90.0 Å². The molecule has 0 aromatic carbocycles. The molecule has 3 saturated heterocycles. The van der Waals surface area contributed by atoms with Crippen molar-refractivity contribution in [2.24, 2.45) is 0 Å². The van der Waals surface area contributed by atoms with E-state index in [4.69, 9.17) is 90.0 Å².